The number of hydrogen-bond donors (Lipinski definition) is 1. The molecule has 0 spiro atoms. The molecule has 0 amide bonds. The Morgan fingerprint density at radius 1 is 1.24 bits per heavy atom. The molecule has 0 saturated heterocycles. The van der Waals surface area contributed by atoms with Crippen molar-refractivity contribution in [3.8, 4) is 11.5 Å². The van der Waals surface area contributed by atoms with Crippen molar-refractivity contribution in [1.29, 1.82) is 0 Å². The zero-order valence-electron chi connectivity index (χ0n) is 12.4. The first kappa shape index (κ1) is 16.0. The Labute approximate surface area is 133 Å². The van der Waals surface area contributed by atoms with Crippen LogP contribution in [0.3, 0.4) is 0 Å². The molecule has 0 bridgehead atoms. The van der Waals surface area contributed by atoms with Crippen LogP contribution in [0.1, 0.15) is 31.0 Å². The van der Waals surface area contributed by atoms with E-state index in [1.54, 1.807) is 12.1 Å². The summed E-state index contributed by atoms with van der Waals surface area (Å²) in [5.74, 6) is 0.495. The first-order valence-corrected chi connectivity index (χ1v) is 7.77. The molecular weight excluding hydrogens is 333 g/mol. The first-order chi connectivity index (χ1) is 10.0. The summed E-state index contributed by atoms with van der Waals surface area (Å²) < 4.78 is 20.3. The Morgan fingerprint density at radius 2 is 2.00 bits per heavy atom. The van der Waals surface area contributed by atoms with E-state index in [1.165, 1.54) is 6.07 Å². The van der Waals surface area contributed by atoms with Gasteiger partial charge in [-0.2, -0.15) is 0 Å². The molecule has 0 aromatic heterocycles. The smallest absolute Gasteiger partial charge is 0.165 e. The van der Waals surface area contributed by atoms with E-state index in [4.69, 9.17) is 4.74 Å². The van der Waals surface area contributed by atoms with Crippen LogP contribution in [0.2, 0.25) is 0 Å². The van der Waals surface area contributed by atoms with Gasteiger partial charge < -0.3 is 10.1 Å². The fourth-order valence-corrected chi connectivity index (χ4v) is 2.86. The van der Waals surface area contributed by atoms with E-state index in [2.05, 4.69) is 35.1 Å². The maximum absolute atomic E-state index is 13.7. The van der Waals surface area contributed by atoms with Crippen molar-refractivity contribution in [2.24, 2.45) is 0 Å². The number of ether oxygens (including phenoxy) is 1. The first-order valence-electron chi connectivity index (χ1n) is 6.98. The average molecular weight is 352 g/mol. The summed E-state index contributed by atoms with van der Waals surface area (Å²) in [4.78, 5) is 0. The van der Waals surface area contributed by atoms with Gasteiger partial charge in [0.05, 0.1) is 0 Å². The number of hydrogen-bond acceptors (Lipinski definition) is 2. The number of benzene rings is 2. The van der Waals surface area contributed by atoms with E-state index in [1.807, 2.05) is 25.1 Å². The molecule has 2 aromatic carbocycles. The van der Waals surface area contributed by atoms with Gasteiger partial charge >= 0.3 is 0 Å². The molecule has 2 aromatic rings. The Bertz CT molecular complexity index is 630. The van der Waals surface area contributed by atoms with Crippen LogP contribution in [0, 0.1) is 12.7 Å². The minimum absolute atomic E-state index is 0.245. The molecule has 21 heavy (non-hydrogen) atoms. The van der Waals surface area contributed by atoms with Crippen molar-refractivity contribution in [3.63, 3.8) is 0 Å². The molecule has 0 heterocycles. The van der Waals surface area contributed by atoms with Crippen molar-refractivity contribution < 1.29 is 9.13 Å². The Morgan fingerprint density at radius 3 is 2.67 bits per heavy atom. The maximum atomic E-state index is 13.7. The Hall–Kier alpha value is -1.39. The molecule has 1 atom stereocenters. The van der Waals surface area contributed by atoms with Gasteiger partial charge in [0, 0.05) is 10.5 Å². The summed E-state index contributed by atoms with van der Waals surface area (Å²) in [7, 11) is 0. The van der Waals surface area contributed by atoms with Crippen LogP contribution in [-0.2, 0) is 0 Å². The van der Waals surface area contributed by atoms with Gasteiger partial charge in [-0.1, -0.05) is 35.0 Å². The highest BCUT2D eigenvalue weighted by molar-refractivity contribution is 9.10. The van der Waals surface area contributed by atoms with Crippen molar-refractivity contribution >= 4 is 15.9 Å². The zero-order valence-corrected chi connectivity index (χ0v) is 14.0. The van der Waals surface area contributed by atoms with Crippen molar-refractivity contribution in [2.45, 2.75) is 26.8 Å². The highest BCUT2D eigenvalue weighted by Gasteiger charge is 2.11. The third-order valence-electron chi connectivity index (χ3n) is 3.26. The maximum Gasteiger partial charge on any atom is 0.165 e. The fourth-order valence-electron chi connectivity index (χ4n) is 2.15. The molecule has 0 radical (unpaired) electrons. The predicted molar refractivity (Wildman–Crippen MR) is 87.4 cm³/mol. The van der Waals surface area contributed by atoms with Crippen molar-refractivity contribution in [2.75, 3.05) is 6.54 Å². The normalized spacial score (nSPS) is 12.2. The van der Waals surface area contributed by atoms with Crippen LogP contribution in [0.4, 0.5) is 4.39 Å². The monoisotopic (exact) mass is 351 g/mol. The highest BCUT2D eigenvalue weighted by atomic mass is 79.9. The third-order valence-corrected chi connectivity index (χ3v) is 3.95. The van der Waals surface area contributed by atoms with Gasteiger partial charge in [-0.25, -0.2) is 4.39 Å². The molecule has 1 N–H and O–H groups in total. The molecule has 2 nitrogen and oxygen atoms in total. The average Bonchev–Trinajstić information content (AvgIpc) is 2.43. The van der Waals surface area contributed by atoms with Crippen LogP contribution in [0.5, 0.6) is 11.5 Å². The van der Waals surface area contributed by atoms with Crippen LogP contribution in [-0.4, -0.2) is 6.54 Å². The third kappa shape index (κ3) is 4.05. The van der Waals surface area contributed by atoms with Gasteiger partial charge in [0.25, 0.3) is 0 Å². The molecule has 4 heteroatoms. The minimum atomic E-state index is -0.359. The van der Waals surface area contributed by atoms with E-state index in [0.717, 1.165) is 22.1 Å². The molecular formula is C17H19BrFNO. The van der Waals surface area contributed by atoms with E-state index in [9.17, 15) is 4.39 Å². The second kappa shape index (κ2) is 7.05. The van der Waals surface area contributed by atoms with Crippen molar-refractivity contribution in [3.05, 3.63) is 57.8 Å². The molecule has 0 saturated carbocycles. The minimum Gasteiger partial charge on any atom is -0.454 e. The summed E-state index contributed by atoms with van der Waals surface area (Å²) in [6.07, 6.45) is 0. The molecule has 0 aliphatic heterocycles. The topological polar surface area (TPSA) is 21.3 Å². The second-order valence-electron chi connectivity index (χ2n) is 5.00. The van der Waals surface area contributed by atoms with Gasteiger partial charge in [0.15, 0.2) is 11.6 Å². The van der Waals surface area contributed by atoms with Gasteiger partial charge in [-0.3, -0.25) is 0 Å². The second-order valence-corrected chi connectivity index (χ2v) is 5.85. The lowest BCUT2D eigenvalue weighted by atomic mass is 10.1. The molecule has 2 rings (SSSR count). The quantitative estimate of drug-likeness (QED) is 0.782. The molecule has 112 valence electrons. The zero-order chi connectivity index (χ0) is 15.4. The van der Waals surface area contributed by atoms with E-state index in [-0.39, 0.29) is 17.6 Å². The molecule has 0 fully saturated rings. The largest absolute Gasteiger partial charge is 0.454 e. The molecule has 1 unspecified atom stereocenters. The van der Waals surface area contributed by atoms with Crippen molar-refractivity contribution in [1.82, 2.24) is 5.32 Å². The summed E-state index contributed by atoms with van der Waals surface area (Å²) in [5.41, 5.74) is 2.11. The number of nitrogens with one attached hydrogen (secondary N) is 1. The van der Waals surface area contributed by atoms with Gasteiger partial charge in [-0.05, 0) is 55.8 Å². The van der Waals surface area contributed by atoms with Gasteiger partial charge in [0.1, 0.15) is 5.75 Å². The lowest BCUT2D eigenvalue weighted by Crippen LogP contribution is -2.18. The Kier molecular flexibility index (Phi) is 5.37. The number of halogens is 2. The van der Waals surface area contributed by atoms with Gasteiger partial charge in [-0.15, -0.1) is 0 Å². The Balaban J connectivity index is 2.22. The fraction of sp³-hybridized carbons (Fsp3) is 0.294. The van der Waals surface area contributed by atoms with Crippen LogP contribution >= 0.6 is 15.9 Å². The lowest BCUT2D eigenvalue weighted by molar-refractivity contribution is 0.441. The standard InChI is InChI=1S/C17H19BrFNO/c1-4-20-12(3)14-7-6-13(10-15(14)18)21-17-9-11(2)5-8-16(17)19/h5-10,12,20H,4H2,1-3H3. The number of rotatable bonds is 5. The summed E-state index contributed by atoms with van der Waals surface area (Å²) in [5, 5.41) is 3.36. The summed E-state index contributed by atoms with van der Waals surface area (Å²) in [6.45, 7) is 6.98. The van der Waals surface area contributed by atoms with Crippen LogP contribution < -0.4 is 10.1 Å². The number of aryl methyl sites for hydroxylation is 1. The van der Waals surface area contributed by atoms with E-state index in [0.29, 0.717) is 5.75 Å². The van der Waals surface area contributed by atoms with Crippen LogP contribution in [0.25, 0.3) is 0 Å². The highest BCUT2D eigenvalue weighted by Crippen LogP contribution is 2.31. The molecule has 0 aliphatic carbocycles. The van der Waals surface area contributed by atoms with E-state index >= 15 is 0 Å². The summed E-state index contributed by atoms with van der Waals surface area (Å²) >= 11 is 3.55. The van der Waals surface area contributed by atoms with Gasteiger partial charge in [0.2, 0.25) is 0 Å². The lowest BCUT2D eigenvalue weighted by Gasteiger charge is -2.16. The SMILES string of the molecule is CCNC(C)c1ccc(Oc2cc(C)ccc2F)cc1Br. The predicted octanol–water partition coefficient (Wildman–Crippen LogP) is 5.36. The van der Waals surface area contributed by atoms with Crippen LogP contribution in [0.15, 0.2) is 40.9 Å². The van der Waals surface area contributed by atoms with E-state index < -0.39 is 0 Å². The summed E-state index contributed by atoms with van der Waals surface area (Å²) in [6, 6.07) is 10.8. The molecule has 0 aliphatic rings.